The average molecular weight is 203 g/mol. The van der Waals surface area contributed by atoms with Crippen molar-refractivity contribution in [2.45, 2.75) is 18.5 Å². The highest BCUT2D eigenvalue weighted by molar-refractivity contribution is 6.10. The molecule has 4 nitrogen and oxygen atoms in total. The zero-order chi connectivity index (χ0) is 10.8. The topological polar surface area (TPSA) is 95.1 Å². The Morgan fingerprint density at radius 2 is 1.93 bits per heavy atom. The molecule has 1 saturated carbocycles. The standard InChI is InChI=1S/C11H13N3O/c12-8-6-2-1-3-7(6)9(15)11(13,14)10(8)4-5-10/h1-3H,4-5,12-14H2. The van der Waals surface area contributed by atoms with Crippen LogP contribution in [0.2, 0.25) is 0 Å². The minimum absolute atomic E-state index is 0.186. The number of Topliss-reactive ketones (excluding diaryl/α,β-unsaturated/α-hetero) is 1. The van der Waals surface area contributed by atoms with E-state index in [0.29, 0.717) is 11.3 Å². The van der Waals surface area contributed by atoms with Crippen LogP contribution < -0.4 is 17.2 Å². The lowest BCUT2D eigenvalue weighted by Crippen LogP contribution is -2.66. The number of allylic oxidation sites excluding steroid dienone is 4. The Morgan fingerprint density at radius 1 is 1.27 bits per heavy atom. The van der Waals surface area contributed by atoms with Crippen LogP contribution in [0.15, 0.2) is 35.1 Å². The van der Waals surface area contributed by atoms with Crippen molar-refractivity contribution in [1.82, 2.24) is 0 Å². The van der Waals surface area contributed by atoms with Crippen LogP contribution in [0.3, 0.4) is 0 Å². The lowest BCUT2D eigenvalue weighted by Gasteiger charge is -2.38. The number of nitrogens with two attached hydrogens (primary N) is 3. The molecule has 1 spiro atoms. The maximum absolute atomic E-state index is 12.1. The van der Waals surface area contributed by atoms with Crippen molar-refractivity contribution in [2.24, 2.45) is 22.6 Å². The average Bonchev–Trinajstić information content (AvgIpc) is 2.86. The summed E-state index contributed by atoms with van der Waals surface area (Å²) in [4.78, 5) is 12.1. The van der Waals surface area contributed by atoms with Gasteiger partial charge in [0.15, 0.2) is 5.78 Å². The quantitative estimate of drug-likeness (QED) is 0.470. The van der Waals surface area contributed by atoms with E-state index < -0.39 is 11.1 Å². The summed E-state index contributed by atoms with van der Waals surface area (Å²) in [6.07, 6.45) is 7.02. The molecule has 0 aromatic rings. The summed E-state index contributed by atoms with van der Waals surface area (Å²) in [5, 5.41) is 0. The fraction of sp³-hybridized carbons (Fsp3) is 0.364. The van der Waals surface area contributed by atoms with E-state index in [1.165, 1.54) is 0 Å². The summed E-state index contributed by atoms with van der Waals surface area (Å²) >= 11 is 0. The van der Waals surface area contributed by atoms with Gasteiger partial charge in [-0.2, -0.15) is 0 Å². The van der Waals surface area contributed by atoms with E-state index in [1.807, 2.05) is 12.2 Å². The van der Waals surface area contributed by atoms with Crippen LogP contribution in [0.4, 0.5) is 0 Å². The number of fused-ring (bicyclic) bond motifs is 1. The molecule has 4 heteroatoms. The largest absolute Gasteiger partial charge is 0.401 e. The van der Waals surface area contributed by atoms with Gasteiger partial charge in [-0.05, 0) is 12.8 Å². The summed E-state index contributed by atoms with van der Waals surface area (Å²) < 4.78 is 0. The van der Waals surface area contributed by atoms with Crippen LogP contribution in [-0.2, 0) is 4.79 Å². The Labute approximate surface area is 87.5 Å². The molecular formula is C11H13N3O. The van der Waals surface area contributed by atoms with Gasteiger partial charge < -0.3 is 17.2 Å². The van der Waals surface area contributed by atoms with Crippen LogP contribution in [0, 0.1) is 5.41 Å². The van der Waals surface area contributed by atoms with Crippen LogP contribution in [0.5, 0.6) is 0 Å². The molecule has 0 unspecified atom stereocenters. The SMILES string of the molecule is NC1=C2C=CC=C2C(=O)C(N)(N)C12CC2. The lowest BCUT2D eigenvalue weighted by atomic mass is 9.73. The molecule has 0 aliphatic heterocycles. The summed E-state index contributed by atoms with van der Waals surface area (Å²) in [5.41, 5.74) is 18.3. The van der Waals surface area contributed by atoms with E-state index in [9.17, 15) is 4.79 Å². The molecule has 0 amide bonds. The zero-order valence-corrected chi connectivity index (χ0v) is 8.29. The van der Waals surface area contributed by atoms with Crippen molar-refractivity contribution in [1.29, 1.82) is 0 Å². The minimum Gasteiger partial charge on any atom is -0.401 e. The Kier molecular flexibility index (Phi) is 1.32. The van der Waals surface area contributed by atoms with Crippen molar-refractivity contribution >= 4 is 5.78 Å². The predicted octanol–water partition coefficient (Wildman–Crippen LogP) is -0.328. The Hall–Kier alpha value is -1.39. The van der Waals surface area contributed by atoms with Gasteiger partial charge in [0.2, 0.25) is 0 Å². The van der Waals surface area contributed by atoms with Crippen LogP contribution in [0.1, 0.15) is 12.8 Å². The van der Waals surface area contributed by atoms with E-state index >= 15 is 0 Å². The molecule has 6 N–H and O–H groups in total. The van der Waals surface area contributed by atoms with Gasteiger partial charge in [-0.3, -0.25) is 4.79 Å². The molecular weight excluding hydrogens is 190 g/mol. The van der Waals surface area contributed by atoms with E-state index in [1.54, 1.807) is 6.08 Å². The van der Waals surface area contributed by atoms with Gasteiger partial charge in [0, 0.05) is 22.3 Å². The van der Waals surface area contributed by atoms with Gasteiger partial charge in [-0.25, -0.2) is 0 Å². The Balaban J connectivity index is 2.29. The molecule has 1 fully saturated rings. The first-order chi connectivity index (χ1) is 7.01. The van der Waals surface area contributed by atoms with Gasteiger partial charge >= 0.3 is 0 Å². The Bertz CT molecular complexity index is 464. The smallest absolute Gasteiger partial charge is 0.198 e. The van der Waals surface area contributed by atoms with Crippen LogP contribution in [0.25, 0.3) is 0 Å². The molecule has 3 aliphatic carbocycles. The number of ketones is 1. The zero-order valence-electron chi connectivity index (χ0n) is 8.29. The molecule has 15 heavy (non-hydrogen) atoms. The van der Waals surface area contributed by atoms with Crippen molar-refractivity contribution in [3.63, 3.8) is 0 Å². The second-order valence-electron chi connectivity index (χ2n) is 4.55. The van der Waals surface area contributed by atoms with Gasteiger partial charge in [0.1, 0.15) is 5.66 Å². The molecule has 0 radical (unpaired) electrons. The van der Waals surface area contributed by atoms with Crippen molar-refractivity contribution in [3.8, 4) is 0 Å². The summed E-state index contributed by atoms with van der Waals surface area (Å²) in [6.45, 7) is 0. The second-order valence-corrected chi connectivity index (χ2v) is 4.55. The van der Waals surface area contributed by atoms with Crippen LogP contribution >= 0.6 is 0 Å². The van der Waals surface area contributed by atoms with Gasteiger partial charge in [-0.15, -0.1) is 0 Å². The van der Waals surface area contributed by atoms with E-state index in [-0.39, 0.29) is 5.78 Å². The van der Waals surface area contributed by atoms with Crippen molar-refractivity contribution < 1.29 is 4.79 Å². The molecule has 78 valence electrons. The highest BCUT2D eigenvalue weighted by Crippen LogP contribution is 2.59. The molecule has 0 atom stereocenters. The predicted molar refractivity (Wildman–Crippen MR) is 56.2 cm³/mol. The van der Waals surface area contributed by atoms with Crippen molar-refractivity contribution in [3.05, 3.63) is 35.1 Å². The first-order valence-electron chi connectivity index (χ1n) is 5.02. The monoisotopic (exact) mass is 203 g/mol. The molecule has 3 aliphatic rings. The number of hydrogen-bond donors (Lipinski definition) is 3. The fourth-order valence-electron chi connectivity index (χ4n) is 2.58. The molecule has 0 aromatic carbocycles. The lowest BCUT2D eigenvalue weighted by molar-refractivity contribution is -0.122. The third-order valence-corrected chi connectivity index (χ3v) is 3.78. The van der Waals surface area contributed by atoms with E-state index in [0.717, 1.165) is 18.4 Å². The first-order valence-corrected chi connectivity index (χ1v) is 5.02. The summed E-state index contributed by atoms with van der Waals surface area (Å²) in [7, 11) is 0. The highest BCUT2D eigenvalue weighted by Gasteiger charge is 2.64. The fourth-order valence-corrected chi connectivity index (χ4v) is 2.58. The number of carbonyl (C=O) groups excluding carboxylic acids is 1. The molecule has 0 bridgehead atoms. The third kappa shape index (κ3) is 0.782. The normalized spacial score (nSPS) is 29.5. The van der Waals surface area contributed by atoms with E-state index in [4.69, 9.17) is 17.2 Å². The molecule has 3 rings (SSSR count). The van der Waals surface area contributed by atoms with E-state index in [2.05, 4.69) is 0 Å². The maximum Gasteiger partial charge on any atom is 0.198 e. The second kappa shape index (κ2) is 2.23. The summed E-state index contributed by atoms with van der Waals surface area (Å²) in [6, 6.07) is 0. The van der Waals surface area contributed by atoms with Gasteiger partial charge in [0.05, 0.1) is 0 Å². The van der Waals surface area contributed by atoms with Gasteiger partial charge in [-0.1, -0.05) is 18.2 Å². The van der Waals surface area contributed by atoms with Crippen molar-refractivity contribution in [2.75, 3.05) is 0 Å². The molecule has 0 saturated heterocycles. The molecule has 0 heterocycles. The highest BCUT2D eigenvalue weighted by atomic mass is 16.1. The summed E-state index contributed by atoms with van der Waals surface area (Å²) in [5.74, 6) is -0.186. The van der Waals surface area contributed by atoms with Gasteiger partial charge in [0.25, 0.3) is 0 Å². The minimum atomic E-state index is -1.32. The number of carbonyl (C=O) groups is 1. The first kappa shape index (κ1) is 8.88. The molecule has 0 aromatic heterocycles. The maximum atomic E-state index is 12.1. The van der Waals surface area contributed by atoms with Crippen LogP contribution in [-0.4, -0.2) is 11.4 Å². The number of hydrogen-bond acceptors (Lipinski definition) is 4. The number of rotatable bonds is 0. The Morgan fingerprint density at radius 3 is 2.53 bits per heavy atom. The third-order valence-electron chi connectivity index (χ3n) is 3.78.